The number of hydrogen-bond donors (Lipinski definition) is 0. The van der Waals surface area contributed by atoms with Gasteiger partial charge < -0.3 is 4.42 Å². The molecule has 68 valence electrons. The molecule has 3 heteroatoms. The molecule has 0 spiro atoms. The Morgan fingerprint density at radius 2 is 1.67 bits per heavy atom. The van der Waals surface area contributed by atoms with Gasteiger partial charge in [0, 0.05) is 10.8 Å². The highest BCUT2D eigenvalue weighted by molar-refractivity contribution is 6.53. The molecule has 0 amide bonds. The second-order valence-corrected chi connectivity index (χ2v) is 4.50. The van der Waals surface area contributed by atoms with Crippen molar-refractivity contribution in [2.24, 2.45) is 0 Å². The van der Waals surface area contributed by atoms with E-state index < -0.39 is 0 Å². The average Bonchev–Trinajstić information content (AvgIpc) is 2.62. The Kier molecular flexibility index (Phi) is 1.84. The summed E-state index contributed by atoms with van der Waals surface area (Å²) in [6.45, 7) is 0. The van der Waals surface area contributed by atoms with Gasteiger partial charge in [0.15, 0.2) is 0 Å². The monoisotopic (exact) mass is 222 g/mol. The summed E-state index contributed by atoms with van der Waals surface area (Å²) >= 11 is 0. The number of fused-ring (bicyclic) bond motifs is 3. The summed E-state index contributed by atoms with van der Waals surface area (Å²) in [5.74, 6) is 0. The number of hydrogen-bond acceptors (Lipinski definition) is 1. The van der Waals surface area contributed by atoms with Gasteiger partial charge >= 0.3 is 0 Å². The van der Waals surface area contributed by atoms with Gasteiger partial charge in [-0.25, -0.2) is 0 Å². The van der Waals surface area contributed by atoms with Crippen LogP contribution in [0.15, 0.2) is 40.8 Å². The van der Waals surface area contributed by atoms with Crippen molar-refractivity contribution in [2.75, 3.05) is 0 Å². The number of benzene rings is 2. The van der Waals surface area contributed by atoms with Crippen LogP contribution in [0.1, 0.15) is 0 Å². The number of para-hydroxylation sites is 1. The summed E-state index contributed by atoms with van der Waals surface area (Å²) in [6.07, 6.45) is 0. The summed E-state index contributed by atoms with van der Waals surface area (Å²) in [4.78, 5) is 0. The van der Waals surface area contributed by atoms with Crippen LogP contribution in [-0.4, -0.2) is 20.5 Å². The van der Waals surface area contributed by atoms with Crippen molar-refractivity contribution in [2.45, 2.75) is 0 Å². The molecule has 1 nitrogen and oxygen atoms in total. The third-order valence-electron chi connectivity index (χ3n) is 2.54. The second kappa shape index (κ2) is 3.08. The van der Waals surface area contributed by atoms with E-state index in [2.05, 4.69) is 26.6 Å². The van der Waals surface area contributed by atoms with Crippen molar-refractivity contribution < 1.29 is 4.42 Å². The molecule has 3 rings (SSSR count). The second-order valence-electron chi connectivity index (χ2n) is 3.46. The maximum absolute atomic E-state index is 5.74. The minimum absolute atomic E-state index is 0.906. The predicted octanol–water partition coefficient (Wildman–Crippen LogP) is 1.17. The molecule has 2 aromatic carbocycles. The summed E-state index contributed by atoms with van der Waals surface area (Å²) in [6, 6.07) is 12.0. The zero-order valence-corrected chi connectivity index (χ0v) is 9.87. The van der Waals surface area contributed by atoms with E-state index in [1.54, 1.807) is 0 Å². The molecule has 0 aliphatic rings. The smallest absolute Gasteiger partial charge is 0.135 e. The van der Waals surface area contributed by atoms with Crippen LogP contribution in [0, 0.1) is 0 Å². The first-order chi connectivity index (χ1) is 7.27. The van der Waals surface area contributed by atoms with Crippen LogP contribution in [-0.2, 0) is 0 Å². The molecule has 0 saturated heterocycles. The van der Waals surface area contributed by atoms with Gasteiger partial charge in [-0.2, -0.15) is 0 Å². The van der Waals surface area contributed by atoms with E-state index in [0.717, 1.165) is 32.3 Å². The van der Waals surface area contributed by atoms with Crippen LogP contribution < -0.4 is 10.4 Å². The quantitative estimate of drug-likeness (QED) is 0.521. The molecule has 0 fully saturated rings. The van der Waals surface area contributed by atoms with Gasteiger partial charge in [-0.1, -0.05) is 34.6 Å². The van der Waals surface area contributed by atoms with Crippen LogP contribution in [0.25, 0.3) is 21.9 Å². The Morgan fingerprint density at radius 3 is 2.53 bits per heavy atom. The van der Waals surface area contributed by atoms with Crippen LogP contribution in [0.2, 0.25) is 0 Å². The fourth-order valence-electron chi connectivity index (χ4n) is 1.82. The molecular weight excluding hydrogens is 216 g/mol. The van der Waals surface area contributed by atoms with E-state index in [-0.39, 0.29) is 0 Å². The molecule has 3 aromatic rings. The topological polar surface area (TPSA) is 13.1 Å². The fraction of sp³-hybridized carbons (Fsp3) is 0. The van der Waals surface area contributed by atoms with Gasteiger partial charge in [0.25, 0.3) is 0 Å². The van der Waals surface area contributed by atoms with Crippen molar-refractivity contribution in [3.05, 3.63) is 36.4 Å². The molecule has 0 unspecified atom stereocenters. The van der Waals surface area contributed by atoms with E-state index in [1.165, 1.54) is 0 Å². The molecule has 1 heterocycles. The Labute approximate surface area is 93.9 Å². The lowest BCUT2D eigenvalue weighted by Crippen LogP contribution is -2.25. The number of rotatable bonds is 0. The first-order valence-electron chi connectivity index (χ1n) is 4.65. The SMILES string of the molecule is [Si]c1ccc2oc3ccccc3c2c1[Si]. The predicted molar refractivity (Wildman–Crippen MR) is 64.5 cm³/mol. The van der Waals surface area contributed by atoms with Gasteiger partial charge in [-0.05, 0) is 12.1 Å². The summed E-state index contributed by atoms with van der Waals surface area (Å²) in [7, 11) is 7.18. The van der Waals surface area contributed by atoms with E-state index in [0.29, 0.717) is 0 Å². The fourth-order valence-corrected chi connectivity index (χ4v) is 2.37. The molecule has 0 aliphatic carbocycles. The lowest BCUT2D eigenvalue weighted by Gasteiger charge is -1.99. The maximum atomic E-state index is 5.74. The van der Waals surface area contributed by atoms with E-state index in [9.17, 15) is 0 Å². The van der Waals surface area contributed by atoms with Gasteiger partial charge in [-0.15, -0.1) is 0 Å². The van der Waals surface area contributed by atoms with Crippen molar-refractivity contribution >= 4 is 52.8 Å². The largest absolute Gasteiger partial charge is 0.456 e. The minimum atomic E-state index is 0.906. The summed E-state index contributed by atoms with van der Waals surface area (Å²) < 4.78 is 5.74. The van der Waals surface area contributed by atoms with Gasteiger partial charge in [0.2, 0.25) is 0 Å². The van der Waals surface area contributed by atoms with E-state index in [4.69, 9.17) is 4.42 Å². The van der Waals surface area contributed by atoms with E-state index >= 15 is 0 Å². The number of furan rings is 1. The normalized spacial score (nSPS) is 11.3. The third-order valence-corrected chi connectivity index (χ3v) is 3.73. The third kappa shape index (κ3) is 1.20. The Morgan fingerprint density at radius 1 is 0.867 bits per heavy atom. The highest BCUT2D eigenvalue weighted by Gasteiger charge is 2.09. The van der Waals surface area contributed by atoms with Crippen molar-refractivity contribution in [1.82, 2.24) is 0 Å². The van der Waals surface area contributed by atoms with Crippen molar-refractivity contribution in [3.8, 4) is 0 Å². The van der Waals surface area contributed by atoms with Gasteiger partial charge in [0.05, 0.1) is 20.5 Å². The first kappa shape index (κ1) is 8.94. The maximum Gasteiger partial charge on any atom is 0.135 e. The van der Waals surface area contributed by atoms with Crippen LogP contribution in [0.3, 0.4) is 0 Å². The zero-order valence-electron chi connectivity index (χ0n) is 7.87. The van der Waals surface area contributed by atoms with Crippen molar-refractivity contribution in [1.29, 1.82) is 0 Å². The summed E-state index contributed by atoms with van der Waals surface area (Å²) in [5, 5.41) is 4.33. The molecule has 0 N–H and O–H groups in total. The lowest BCUT2D eigenvalue weighted by atomic mass is 10.1. The molecule has 6 radical (unpaired) electrons. The molecule has 0 saturated carbocycles. The summed E-state index contributed by atoms with van der Waals surface area (Å²) in [5.41, 5.74) is 1.83. The van der Waals surface area contributed by atoms with Crippen LogP contribution in [0.5, 0.6) is 0 Å². The molecule has 0 aliphatic heterocycles. The highest BCUT2D eigenvalue weighted by Crippen LogP contribution is 2.25. The lowest BCUT2D eigenvalue weighted by molar-refractivity contribution is 0.669. The Balaban J connectivity index is 2.63. The van der Waals surface area contributed by atoms with Crippen molar-refractivity contribution in [3.63, 3.8) is 0 Å². The highest BCUT2D eigenvalue weighted by atomic mass is 28.2. The Bertz CT molecular complexity index is 655. The van der Waals surface area contributed by atoms with Crippen LogP contribution >= 0.6 is 0 Å². The van der Waals surface area contributed by atoms with E-state index in [1.807, 2.05) is 30.3 Å². The Hall–Kier alpha value is -1.33. The van der Waals surface area contributed by atoms with Gasteiger partial charge in [-0.3, -0.25) is 0 Å². The first-order valence-corrected chi connectivity index (χ1v) is 5.65. The zero-order chi connectivity index (χ0) is 10.4. The molecule has 1 aromatic heterocycles. The standard InChI is InChI=1S/C12H6OSi2/c14-10-6-5-9-11(12(10)15)7-3-1-2-4-8(7)13-9/h1-6H. The molecule has 0 atom stereocenters. The van der Waals surface area contributed by atoms with Crippen LogP contribution in [0.4, 0.5) is 0 Å². The average molecular weight is 222 g/mol. The molecule has 15 heavy (non-hydrogen) atoms. The minimum Gasteiger partial charge on any atom is -0.456 e. The van der Waals surface area contributed by atoms with Gasteiger partial charge in [0.1, 0.15) is 11.2 Å². The molecule has 0 bridgehead atoms. The molecular formula is C12H6OSi2.